The summed E-state index contributed by atoms with van der Waals surface area (Å²) in [6, 6.07) is 9.40. The molecule has 1 aromatic carbocycles. The number of nitrogens with zero attached hydrogens (tertiary/aromatic N) is 1. The second kappa shape index (κ2) is 5.89. The van der Waals surface area contributed by atoms with Crippen LogP contribution < -0.4 is 4.90 Å². The summed E-state index contributed by atoms with van der Waals surface area (Å²) in [5.41, 5.74) is 1.92. The van der Waals surface area contributed by atoms with Gasteiger partial charge >= 0.3 is 0 Å². The number of amides is 1. The number of furan rings is 1. The SMILES string of the molecule is Cc1cc(Br)ccc1N(C)C(=O)/C=C/c1ccco1. The maximum absolute atomic E-state index is 12.1. The molecule has 2 aromatic rings. The Morgan fingerprint density at radius 3 is 2.79 bits per heavy atom. The molecule has 2 rings (SSSR count). The average Bonchev–Trinajstić information content (AvgIpc) is 2.88. The van der Waals surface area contributed by atoms with E-state index in [9.17, 15) is 4.79 Å². The summed E-state index contributed by atoms with van der Waals surface area (Å²) < 4.78 is 6.15. The Bertz CT molecular complexity index is 603. The third kappa shape index (κ3) is 3.35. The van der Waals surface area contributed by atoms with Crippen molar-refractivity contribution in [2.75, 3.05) is 11.9 Å². The minimum Gasteiger partial charge on any atom is -0.465 e. The van der Waals surface area contributed by atoms with Gasteiger partial charge in [0.05, 0.1) is 6.26 Å². The zero-order valence-electron chi connectivity index (χ0n) is 10.8. The van der Waals surface area contributed by atoms with E-state index in [0.29, 0.717) is 5.76 Å². The van der Waals surface area contributed by atoms with Crippen LogP contribution in [-0.2, 0) is 4.79 Å². The standard InChI is InChI=1S/C15H14BrNO2/c1-11-10-12(16)5-7-14(11)17(2)15(18)8-6-13-4-3-9-19-13/h3-10H,1-2H3/b8-6+. The molecule has 1 amide bonds. The molecule has 0 radical (unpaired) electrons. The van der Waals surface area contributed by atoms with Crippen molar-refractivity contribution in [3.05, 3.63) is 58.5 Å². The van der Waals surface area contributed by atoms with Crippen LogP contribution in [0.4, 0.5) is 5.69 Å². The molecular weight excluding hydrogens is 306 g/mol. The molecule has 0 saturated carbocycles. The molecule has 0 spiro atoms. The lowest BCUT2D eigenvalue weighted by atomic mass is 10.2. The molecule has 1 aromatic heterocycles. The zero-order valence-corrected chi connectivity index (χ0v) is 12.3. The van der Waals surface area contributed by atoms with Crippen molar-refractivity contribution in [1.82, 2.24) is 0 Å². The highest BCUT2D eigenvalue weighted by Crippen LogP contribution is 2.23. The van der Waals surface area contributed by atoms with E-state index in [2.05, 4.69) is 15.9 Å². The van der Waals surface area contributed by atoms with Crippen LogP contribution in [0.5, 0.6) is 0 Å². The smallest absolute Gasteiger partial charge is 0.250 e. The van der Waals surface area contributed by atoms with E-state index in [1.165, 1.54) is 6.08 Å². The summed E-state index contributed by atoms with van der Waals surface area (Å²) in [7, 11) is 1.76. The third-order valence-corrected chi connectivity index (χ3v) is 3.28. The van der Waals surface area contributed by atoms with Crippen LogP contribution in [0, 0.1) is 6.92 Å². The van der Waals surface area contributed by atoms with E-state index in [1.807, 2.05) is 25.1 Å². The van der Waals surface area contributed by atoms with Crippen LogP contribution in [0.1, 0.15) is 11.3 Å². The summed E-state index contributed by atoms with van der Waals surface area (Å²) in [5.74, 6) is 0.566. The number of benzene rings is 1. The van der Waals surface area contributed by atoms with Crippen molar-refractivity contribution in [3.8, 4) is 0 Å². The molecule has 0 aliphatic heterocycles. The minimum atomic E-state index is -0.0955. The lowest BCUT2D eigenvalue weighted by molar-refractivity contribution is -0.113. The fourth-order valence-corrected chi connectivity index (χ4v) is 2.24. The fraction of sp³-hybridized carbons (Fsp3) is 0.133. The van der Waals surface area contributed by atoms with E-state index in [-0.39, 0.29) is 5.91 Å². The number of anilines is 1. The average molecular weight is 320 g/mol. The molecule has 0 fully saturated rings. The molecule has 98 valence electrons. The Morgan fingerprint density at radius 1 is 1.37 bits per heavy atom. The Balaban J connectivity index is 2.15. The van der Waals surface area contributed by atoms with Crippen molar-refractivity contribution in [2.45, 2.75) is 6.92 Å². The number of hydrogen-bond acceptors (Lipinski definition) is 2. The predicted molar refractivity (Wildman–Crippen MR) is 80.0 cm³/mol. The Labute approximate surface area is 120 Å². The van der Waals surface area contributed by atoms with Gasteiger partial charge in [0.2, 0.25) is 0 Å². The lowest BCUT2D eigenvalue weighted by Crippen LogP contribution is -2.24. The molecule has 19 heavy (non-hydrogen) atoms. The zero-order chi connectivity index (χ0) is 13.8. The third-order valence-electron chi connectivity index (χ3n) is 2.78. The molecule has 1 heterocycles. The van der Waals surface area contributed by atoms with Crippen molar-refractivity contribution < 1.29 is 9.21 Å². The Morgan fingerprint density at radius 2 is 2.16 bits per heavy atom. The monoisotopic (exact) mass is 319 g/mol. The van der Waals surface area contributed by atoms with Gasteiger partial charge in [-0.2, -0.15) is 0 Å². The number of carbonyl (C=O) groups is 1. The van der Waals surface area contributed by atoms with Gasteiger partial charge < -0.3 is 9.32 Å². The maximum atomic E-state index is 12.1. The molecule has 3 nitrogen and oxygen atoms in total. The maximum Gasteiger partial charge on any atom is 0.250 e. The van der Waals surface area contributed by atoms with Crippen molar-refractivity contribution in [3.63, 3.8) is 0 Å². The number of likely N-dealkylation sites (N-methyl/N-ethyl adjacent to an activating group) is 1. The van der Waals surface area contributed by atoms with Crippen LogP contribution in [0.3, 0.4) is 0 Å². The van der Waals surface area contributed by atoms with Crippen molar-refractivity contribution in [1.29, 1.82) is 0 Å². The molecule has 0 saturated heterocycles. The van der Waals surface area contributed by atoms with Crippen molar-refractivity contribution in [2.24, 2.45) is 0 Å². The number of hydrogen-bond donors (Lipinski definition) is 0. The molecule has 0 aliphatic carbocycles. The van der Waals surface area contributed by atoms with E-state index in [4.69, 9.17) is 4.42 Å². The minimum absolute atomic E-state index is 0.0955. The van der Waals surface area contributed by atoms with Gasteiger partial charge in [0, 0.05) is 23.3 Å². The summed E-state index contributed by atoms with van der Waals surface area (Å²) >= 11 is 3.41. The van der Waals surface area contributed by atoms with Crippen LogP contribution in [-0.4, -0.2) is 13.0 Å². The quantitative estimate of drug-likeness (QED) is 0.800. The lowest BCUT2D eigenvalue weighted by Gasteiger charge is -2.17. The second-order valence-electron chi connectivity index (χ2n) is 4.18. The van der Waals surface area contributed by atoms with Gasteiger partial charge in [0.15, 0.2) is 0 Å². The normalized spacial score (nSPS) is 10.9. The number of rotatable bonds is 3. The molecule has 0 atom stereocenters. The first kappa shape index (κ1) is 13.6. The van der Waals surface area contributed by atoms with Crippen molar-refractivity contribution >= 4 is 33.6 Å². The highest BCUT2D eigenvalue weighted by Gasteiger charge is 2.10. The Kier molecular flexibility index (Phi) is 4.22. The van der Waals surface area contributed by atoms with Crippen LogP contribution in [0.25, 0.3) is 6.08 Å². The second-order valence-corrected chi connectivity index (χ2v) is 5.09. The summed E-state index contributed by atoms with van der Waals surface area (Å²) in [5, 5.41) is 0. The highest BCUT2D eigenvalue weighted by atomic mass is 79.9. The van der Waals surface area contributed by atoms with Crippen LogP contribution in [0.15, 0.2) is 51.6 Å². The van der Waals surface area contributed by atoms with Gasteiger partial charge in [-0.3, -0.25) is 4.79 Å². The van der Waals surface area contributed by atoms with Gasteiger partial charge in [0.25, 0.3) is 5.91 Å². The largest absolute Gasteiger partial charge is 0.465 e. The first-order chi connectivity index (χ1) is 9.08. The first-order valence-corrected chi connectivity index (χ1v) is 6.62. The van der Waals surface area contributed by atoms with Crippen LogP contribution in [0.2, 0.25) is 0 Å². The molecular formula is C15H14BrNO2. The number of aryl methyl sites for hydroxylation is 1. The van der Waals surface area contributed by atoms with Gasteiger partial charge in [-0.25, -0.2) is 0 Å². The fourth-order valence-electron chi connectivity index (χ4n) is 1.77. The van der Waals surface area contributed by atoms with E-state index < -0.39 is 0 Å². The van der Waals surface area contributed by atoms with E-state index >= 15 is 0 Å². The van der Waals surface area contributed by atoms with Gasteiger partial charge in [-0.1, -0.05) is 15.9 Å². The molecule has 0 bridgehead atoms. The van der Waals surface area contributed by atoms with Gasteiger partial charge in [0.1, 0.15) is 5.76 Å². The van der Waals surface area contributed by atoms with E-state index in [0.717, 1.165) is 15.7 Å². The Hall–Kier alpha value is -1.81. The molecule has 0 N–H and O–H groups in total. The molecule has 0 aliphatic rings. The summed E-state index contributed by atoms with van der Waals surface area (Å²) in [6.07, 6.45) is 4.74. The molecule has 0 unspecified atom stereocenters. The summed E-state index contributed by atoms with van der Waals surface area (Å²) in [6.45, 7) is 1.97. The van der Waals surface area contributed by atoms with Gasteiger partial charge in [-0.05, 0) is 48.9 Å². The predicted octanol–water partition coefficient (Wildman–Crippen LogP) is 4.03. The summed E-state index contributed by atoms with van der Waals surface area (Å²) in [4.78, 5) is 13.7. The molecule has 4 heteroatoms. The van der Waals surface area contributed by atoms with Gasteiger partial charge in [-0.15, -0.1) is 0 Å². The number of carbonyl (C=O) groups excluding carboxylic acids is 1. The number of halogens is 1. The topological polar surface area (TPSA) is 33.5 Å². The van der Waals surface area contributed by atoms with E-state index in [1.54, 1.807) is 36.4 Å². The first-order valence-electron chi connectivity index (χ1n) is 5.83. The van der Waals surface area contributed by atoms with Crippen LogP contribution >= 0.6 is 15.9 Å². The highest BCUT2D eigenvalue weighted by molar-refractivity contribution is 9.10.